The van der Waals surface area contributed by atoms with E-state index in [2.05, 4.69) is 16.0 Å². The predicted molar refractivity (Wildman–Crippen MR) is 159 cm³/mol. The van der Waals surface area contributed by atoms with Crippen LogP contribution in [0, 0.1) is 0 Å². The third-order valence-corrected chi connectivity index (χ3v) is 5.60. The Hall–Kier alpha value is -4.69. The van der Waals surface area contributed by atoms with Gasteiger partial charge in [-0.25, -0.2) is 9.59 Å². The highest BCUT2D eigenvalue weighted by Gasteiger charge is 2.33. The molecule has 15 nitrogen and oxygen atoms in total. The van der Waals surface area contributed by atoms with Gasteiger partial charge in [0.2, 0.25) is 17.7 Å². The maximum Gasteiger partial charge on any atom is 0.408 e. The lowest BCUT2D eigenvalue weighted by Gasteiger charge is -2.26. The van der Waals surface area contributed by atoms with Gasteiger partial charge in [0.1, 0.15) is 35.9 Å². The number of ether oxygens (including phenoxy) is 3. The van der Waals surface area contributed by atoms with Crippen LogP contribution in [-0.4, -0.2) is 76.2 Å². The van der Waals surface area contributed by atoms with E-state index in [9.17, 15) is 38.7 Å². The summed E-state index contributed by atoms with van der Waals surface area (Å²) in [6.07, 6.45) is -3.02. The van der Waals surface area contributed by atoms with Gasteiger partial charge in [0, 0.05) is 12.8 Å². The van der Waals surface area contributed by atoms with Crippen LogP contribution in [-0.2, 0) is 49.6 Å². The van der Waals surface area contributed by atoms with Crippen LogP contribution in [0.15, 0.2) is 30.3 Å². The summed E-state index contributed by atoms with van der Waals surface area (Å²) in [5.41, 5.74) is 3.99. The molecule has 0 heterocycles. The summed E-state index contributed by atoms with van der Waals surface area (Å²) < 4.78 is 15.7. The Kier molecular flexibility index (Phi) is 15.0. The van der Waals surface area contributed by atoms with Crippen LogP contribution >= 0.6 is 0 Å². The van der Waals surface area contributed by atoms with Gasteiger partial charge in [-0.15, -0.1) is 0 Å². The van der Waals surface area contributed by atoms with E-state index in [0.717, 1.165) is 0 Å². The van der Waals surface area contributed by atoms with E-state index in [1.807, 2.05) is 0 Å². The van der Waals surface area contributed by atoms with Gasteiger partial charge < -0.3 is 41.0 Å². The predicted octanol–water partition coefficient (Wildman–Crippen LogP) is 1.45. The summed E-state index contributed by atoms with van der Waals surface area (Å²) >= 11 is 0. The lowest BCUT2D eigenvalue weighted by atomic mass is 10.1. The first-order valence-corrected chi connectivity index (χ1v) is 14.3. The van der Waals surface area contributed by atoms with Gasteiger partial charge in [-0.05, 0) is 59.9 Å². The number of aliphatic carboxylic acids is 1. The number of carbonyl (C=O) groups is 7. The summed E-state index contributed by atoms with van der Waals surface area (Å²) in [7, 11) is 0. The largest absolute Gasteiger partial charge is 0.480 e. The molecule has 0 aliphatic rings. The molecule has 1 aromatic carbocycles. The van der Waals surface area contributed by atoms with Crippen molar-refractivity contribution in [3.05, 3.63) is 35.9 Å². The maximum absolute atomic E-state index is 13.4. The second-order valence-electron chi connectivity index (χ2n) is 12.1. The number of nitrogens with one attached hydrogen (secondary N) is 3. The third-order valence-electron chi connectivity index (χ3n) is 5.60. The first kappa shape index (κ1) is 38.3. The van der Waals surface area contributed by atoms with Gasteiger partial charge in [0.05, 0.1) is 6.42 Å². The minimum absolute atomic E-state index is 0.126. The lowest BCUT2D eigenvalue weighted by Crippen LogP contribution is -2.56. The molecular weight excluding hydrogens is 592 g/mol. The first-order valence-electron chi connectivity index (χ1n) is 14.3. The van der Waals surface area contributed by atoms with E-state index in [0.29, 0.717) is 5.56 Å². The van der Waals surface area contributed by atoms with Crippen LogP contribution < -0.4 is 21.7 Å². The van der Waals surface area contributed by atoms with E-state index >= 15 is 0 Å². The standard InChI is InChI=1S/C30H44N4O11/c1-29(2,3)44-23(36)15-13-19(34-28(42)43-17-18-10-8-7-9-11-18)25(38)33-21(16-24(37)45-30(4,5)6)26(39)32-20(27(40)41)12-14-22(31)35/h7-11,19-21H,12-17H2,1-6H3,(H2,31,35)(H,32,39)(H,33,38)(H,34,42)(H,40,41)/t19-,20-,21-/m0/s1. The van der Waals surface area contributed by atoms with Crippen molar-refractivity contribution in [3.8, 4) is 0 Å². The Morgan fingerprint density at radius 1 is 0.733 bits per heavy atom. The van der Waals surface area contributed by atoms with E-state index in [1.165, 1.54) is 0 Å². The van der Waals surface area contributed by atoms with Crippen molar-refractivity contribution in [1.82, 2.24) is 16.0 Å². The summed E-state index contributed by atoms with van der Waals surface area (Å²) in [5.74, 6) is -5.90. The van der Waals surface area contributed by atoms with Crippen molar-refractivity contribution in [3.63, 3.8) is 0 Å². The van der Waals surface area contributed by atoms with E-state index < -0.39 is 77.5 Å². The molecule has 15 heteroatoms. The molecule has 0 bridgehead atoms. The summed E-state index contributed by atoms with van der Waals surface area (Å²) in [6, 6.07) is 4.01. The number of benzene rings is 1. The molecule has 45 heavy (non-hydrogen) atoms. The zero-order chi connectivity index (χ0) is 34.4. The normalized spacial score (nSPS) is 13.3. The van der Waals surface area contributed by atoms with Crippen LogP contribution in [0.3, 0.4) is 0 Å². The van der Waals surface area contributed by atoms with Crippen LogP contribution in [0.1, 0.15) is 79.2 Å². The number of carboxylic acids is 1. The Labute approximate surface area is 261 Å². The molecule has 250 valence electrons. The first-order chi connectivity index (χ1) is 20.8. The molecule has 4 amide bonds. The molecule has 0 spiro atoms. The molecule has 0 radical (unpaired) electrons. The maximum atomic E-state index is 13.4. The monoisotopic (exact) mass is 636 g/mol. The Morgan fingerprint density at radius 3 is 1.78 bits per heavy atom. The van der Waals surface area contributed by atoms with Gasteiger partial charge in [0.15, 0.2) is 0 Å². The Bertz CT molecular complexity index is 1210. The fraction of sp³-hybridized carbons (Fsp3) is 0.567. The molecular formula is C30H44N4O11. The van der Waals surface area contributed by atoms with Gasteiger partial charge in [-0.2, -0.15) is 0 Å². The van der Waals surface area contributed by atoms with Crippen molar-refractivity contribution in [2.45, 2.75) is 110 Å². The number of nitrogens with two attached hydrogens (primary N) is 1. The number of alkyl carbamates (subject to hydrolysis) is 1. The minimum Gasteiger partial charge on any atom is -0.480 e. The second kappa shape index (κ2) is 17.6. The van der Waals surface area contributed by atoms with Crippen LogP contribution in [0.2, 0.25) is 0 Å². The van der Waals surface area contributed by atoms with Gasteiger partial charge >= 0.3 is 24.0 Å². The number of carbonyl (C=O) groups excluding carboxylic acids is 6. The molecule has 0 aliphatic carbocycles. The summed E-state index contributed by atoms with van der Waals surface area (Å²) in [5, 5.41) is 16.4. The highest BCUT2D eigenvalue weighted by Crippen LogP contribution is 2.13. The van der Waals surface area contributed by atoms with Crippen molar-refractivity contribution < 1.29 is 52.9 Å². The van der Waals surface area contributed by atoms with E-state index in [-0.39, 0.29) is 32.3 Å². The molecule has 1 rings (SSSR count). The number of carboxylic acid groups (broad SMARTS) is 1. The van der Waals surface area contributed by atoms with Crippen molar-refractivity contribution in [2.75, 3.05) is 0 Å². The number of hydrogen-bond acceptors (Lipinski definition) is 10. The zero-order valence-electron chi connectivity index (χ0n) is 26.5. The van der Waals surface area contributed by atoms with Crippen LogP contribution in [0.4, 0.5) is 4.79 Å². The molecule has 0 aromatic heterocycles. The highest BCUT2D eigenvalue weighted by atomic mass is 16.6. The van der Waals surface area contributed by atoms with Crippen molar-refractivity contribution >= 4 is 41.7 Å². The smallest absolute Gasteiger partial charge is 0.408 e. The average Bonchev–Trinajstić information content (AvgIpc) is 2.89. The third kappa shape index (κ3) is 17.3. The number of esters is 2. The Balaban J connectivity index is 3.20. The van der Waals surface area contributed by atoms with Gasteiger partial charge in [-0.3, -0.25) is 24.0 Å². The molecule has 0 saturated carbocycles. The molecule has 0 fully saturated rings. The Morgan fingerprint density at radius 2 is 1.24 bits per heavy atom. The van der Waals surface area contributed by atoms with E-state index in [1.54, 1.807) is 71.9 Å². The number of rotatable bonds is 16. The quantitative estimate of drug-likeness (QED) is 0.129. The zero-order valence-corrected chi connectivity index (χ0v) is 26.5. The van der Waals surface area contributed by atoms with E-state index in [4.69, 9.17) is 19.9 Å². The lowest BCUT2D eigenvalue weighted by molar-refractivity contribution is -0.157. The SMILES string of the molecule is CC(C)(C)OC(=O)CC[C@H](NC(=O)OCc1ccccc1)C(=O)N[C@@H](CC(=O)OC(C)(C)C)C(=O)N[C@@H](CCC(N)=O)C(=O)O. The molecule has 3 atom stereocenters. The fourth-order valence-corrected chi connectivity index (χ4v) is 3.68. The number of amides is 4. The molecule has 0 aliphatic heterocycles. The van der Waals surface area contributed by atoms with Gasteiger partial charge in [0.25, 0.3) is 0 Å². The van der Waals surface area contributed by atoms with Gasteiger partial charge in [-0.1, -0.05) is 30.3 Å². The van der Waals surface area contributed by atoms with Crippen LogP contribution in [0.5, 0.6) is 0 Å². The number of hydrogen-bond donors (Lipinski definition) is 5. The summed E-state index contributed by atoms with van der Waals surface area (Å²) in [4.78, 5) is 87.1. The molecule has 0 saturated heterocycles. The van der Waals surface area contributed by atoms with Crippen molar-refractivity contribution in [1.29, 1.82) is 0 Å². The summed E-state index contributed by atoms with van der Waals surface area (Å²) in [6.45, 7) is 9.59. The fourth-order valence-electron chi connectivity index (χ4n) is 3.68. The highest BCUT2D eigenvalue weighted by molar-refractivity contribution is 5.95. The molecule has 6 N–H and O–H groups in total. The number of primary amides is 1. The van der Waals surface area contributed by atoms with Crippen LogP contribution in [0.25, 0.3) is 0 Å². The second-order valence-corrected chi connectivity index (χ2v) is 12.1. The average molecular weight is 637 g/mol. The molecule has 1 aromatic rings. The topological polar surface area (TPSA) is 230 Å². The molecule has 0 unspecified atom stereocenters. The minimum atomic E-state index is -1.67. The van der Waals surface area contributed by atoms with Crippen molar-refractivity contribution in [2.24, 2.45) is 5.73 Å².